The van der Waals surface area contributed by atoms with Gasteiger partial charge in [-0.3, -0.25) is 4.79 Å². The van der Waals surface area contributed by atoms with E-state index in [2.05, 4.69) is 15.3 Å². The van der Waals surface area contributed by atoms with Crippen molar-refractivity contribution in [3.8, 4) is 0 Å². The molecule has 3 aromatic rings. The van der Waals surface area contributed by atoms with Crippen LogP contribution in [0, 0.1) is 11.6 Å². The van der Waals surface area contributed by atoms with E-state index in [1.54, 1.807) is 11.3 Å². The average molecular weight is 391 g/mol. The van der Waals surface area contributed by atoms with E-state index in [-0.39, 0.29) is 17.3 Å². The summed E-state index contributed by atoms with van der Waals surface area (Å²) in [5, 5.41) is 4.45. The second-order valence-corrected chi connectivity index (χ2v) is 8.08. The third-order valence-electron chi connectivity index (χ3n) is 4.26. The fraction of sp³-hybridized carbons (Fsp3) is 0.278. The van der Waals surface area contributed by atoms with Crippen molar-refractivity contribution in [1.82, 2.24) is 9.97 Å². The van der Waals surface area contributed by atoms with Crippen molar-refractivity contribution in [2.45, 2.75) is 30.7 Å². The van der Waals surface area contributed by atoms with E-state index in [9.17, 15) is 13.6 Å². The quantitative estimate of drug-likeness (QED) is 0.523. The smallest absolute Gasteiger partial charge is 0.234 e. The Morgan fingerprint density at radius 1 is 1.19 bits per heavy atom. The van der Waals surface area contributed by atoms with Crippen LogP contribution < -0.4 is 5.32 Å². The number of anilines is 1. The van der Waals surface area contributed by atoms with Crippen LogP contribution in [0.2, 0.25) is 0 Å². The summed E-state index contributed by atoms with van der Waals surface area (Å²) >= 11 is 3.05. The number of fused-ring (bicyclic) bond motifs is 3. The second kappa shape index (κ2) is 7.28. The molecule has 0 spiro atoms. The molecule has 0 unspecified atom stereocenters. The highest BCUT2D eigenvalue weighted by Gasteiger charge is 2.20. The van der Waals surface area contributed by atoms with Gasteiger partial charge in [-0.05, 0) is 43.4 Å². The molecule has 0 saturated carbocycles. The maximum atomic E-state index is 13.2. The molecule has 2 aromatic heterocycles. The van der Waals surface area contributed by atoms with Gasteiger partial charge < -0.3 is 5.32 Å². The number of hydrogen-bond donors (Lipinski definition) is 1. The Balaban J connectivity index is 1.50. The molecule has 1 N–H and O–H groups in total. The minimum atomic E-state index is -0.988. The summed E-state index contributed by atoms with van der Waals surface area (Å²) in [6.45, 7) is 0. The number of thiophene rings is 1. The molecular weight excluding hydrogens is 376 g/mol. The first-order chi connectivity index (χ1) is 12.6. The van der Waals surface area contributed by atoms with Gasteiger partial charge in [0.1, 0.15) is 16.2 Å². The number of carbonyl (C=O) groups excluding carboxylic acids is 1. The van der Waals surface area contributed by atoms with E-state index < -0.39 is 11.6 Å². The van der Waals surface area contributed by atoms with Crippen molar-refractivity contribution in [3.05, 3.63) is 46.6 Å². The molecule has 8 heteroatoms. The van der Waals surface area contributed by atoms with Crippen LogP contribution >= 0.6 is 23.1 Å². The van der Waals surface area contributed by atoms with Crippen LogP contribution in [-0.2, 0) is 17.6 Å². The van der Waals surface area contributed by atoms with Crippen molar-refractivity contribution in [2.24, 2.45) is 0 Å². The van der Waals surface area contributed by atoms with Gasteiger partial charge in [-0.2, -0.15) is 0 Å². The number of amides is 1. The molecule has 0 fully saturated rings. The summed E-state index contributed by atoms with van der Waals surface area (Å²) in [6.07, 6.45) is 6.00. The van der Waals surface area contributed by atoms with Crippen LogP contribution in [0.1, 0.15) is 23.3 Å². The lowest BCUT2D eigenvalue weighted by Crippen LogP contribution is -2.14. The molecule has 0 atom stereocenters. The van der Waals surface area contributed by atoms with Gasteiger partial charge in [0.25, 0.3) is 0 Å². The Hall–Kier alpha value is -2.06. The molecule has 0 aliphatic heterocycles. The zero-order valence-electron chi connectivity index (χ0n) is 13.7. The molecule has 2 heterocycles. The maximum absolute atomic E-state index is 13.2. The van der Waals surface area contributed by atoms with E-state index in [1.807, 2.05) is 0 Å². The molecule has 0 saturated heterocycles. The predicted molar refractivity (Wildman–Crippen MR) is 99.8 cm³/mol. The zero-order chi connectivity index (χ0) is 18.1. The standard InChI is InChI=1S/C18H15F2N3OS2/c19-12-6-5-10(7-13(12)20)23-15(24)8-25-17-16-11-3-1-2-4-14(11)26-18(16)22-9-21-17/h5-7,9H,1-4,8H2,(H,23,24). The Bertz CT molecular complexity index is 990. The van der Waals surface area contributed by atoms with Gasteiger partial charge in [-0.25, -0.2) is 18.7 Å². The Kier molecular flexibility index (Phi) is 4.86. The first-order valence-electron chi connectivity index (χ1n) is 8.25. The van der Waals surface area contributed by atoms with Crippen LogP contribution in [0.25, 0.3) is 10.2 Å². The molecule has 0 bridgehead atoms. The largest absolute Gasteiger partial charge is 0.325 e. The van der Waals surface area contributed by atoms with Gasteiger partial charge in [0, 0.05) is 22.0 Å². The van der Waals surface area contributed by atoms with Crippen molar-refractivity contribution in [2.75, 3.05) is 11.1 Å². The molecule has 26 heavy (non-hydrogen) atoms. The topological polar surface area (TPSA) is 54.9 Å². The summed E-state index contributed by atoms with van der Waals surface area (Å²) in [6, 6.07) is 3.29. The predicted octanol–water partition coefficient (Wildman–Crippen LogP) is 4.58. The van der Waals surface area contributed by atoms with E-state index in [1.165, 1.54) is 41.0 Å². The molecule has 0 radical (unpaired) electrons. The molecule has 134 valence electrons. The maximum Gasteiger partial charge on any atom is 0.234 e. The SMILES string of the molecule is O=C(CSc1ncnc2sc3c(c12)CCCC3)Nc1ccc(F)c(F)c1. The van der Waals surface area contributed by atoms with Gasteiger partial charge in [0.15, 0.2) is 11.6 Å². The zero-order valence-corrected chi connectivity index (χ0v) is 15.4. The molecular formula is C18H15F2N3OS2. The van der Waals surface area contributed by atoms with E-state index in [0.717, 1.165) is 46.6 Å². The van der Waals surface area contributed by atoms with Gasteiger partial charge >= 0.3 is 0 Å². The molecule has 4 nitrogen and oxygen atoms in total. The van der Waals surface area contributed by atoms with Gasteiger partial charge in [0.2, 0.25) is 5.91 Å². The monoisotopic (exact) mass is 391 g/mol. The number of aromatic nitrogens is 2. The number of carbonyl (C=O) groups is 1. The number of halogens is 2. The number of hydrogen-bond acceptors (Lipinski definition) is 5. The van der Waals surface area contributed by atoms with Crippen LogP contribution in [0.3, 0.4) is 0 Å². The number of rotatable bonds is 4. The number of thioether (sulfide) groups is 1. The van der Waals surface area contributed by atoms with Crippen molar-refractivity contribution in [3.63, 3.8) is 0 Å². The number of nitrogens with zero attached hydrogens (tertiary/aromatic N) is 2. The highest BCUT2D eigenvalue weighted by atomic mass is 32.2. The molecule has 1 amide bonds. The summed E-state index contributed by atoms with van der Waals surface area (Å²) in [5.41, 5.74) is 1.55. The lowest BCUT2D eigenvalue weighted by Gasteiger charge is -2.11. The van der Waals surface area contributed by atoms with E-state index in [0.29, 0.717) is 0 Å². The Morgan fingerprint density at radius 2 is 2.04 bits per heavy atom. The lowest BCUT2D eigenvalue weighted by atomic mass is 9.97. The molecule has 4 rings (SSSR count). The number of nitrogens with one attached hydrogen (secondary N) is 1. The van der Waals surface area contributed by atoms with Crippen LogP contribution in [0.5, 0.6) is 0 Å². The van der Waals surface area contributed by atoms with E-state index in [4.69, 9.17) is 0 Å². The summed E-state index contributed by atoms with van der Waals surface area (Å²) in [7, 11) is 0. The number of aryl methyl sites for hydroxylation is 2. The van der Waals surface area contributed by atoms with Crippen molar-refractivity contribution < 1.29 is 13.6 Å². The fourth-order valence-electron chi connectivity index (χ4n) is 3.08. The summed E-state index contributed by atoms with van der Waals surface area (Å²) in [4.78, 5) is 23.2. The molecule has 1 aromatic carbocycles. The van der Waals surface area contributed by atoms with Crippen molar-refractivity contribution >= 4 is 44.9 Å². The summed E-state index contributed by atoms with van der Waals surface area (Å²) < 4.78 is 26.2. The minimum absolute atomic E-state index is 0.135. The van der Waals surface area contributed by atoms with Crippen LogP contribution in [0.4, 0.5) is 14.5 Å². The van der Waals surface area contributed by atoms with Gasteiger partial charge in [-0.1, -0.05) is 11.8 Å². The highest BCUT2D eigenvalue weighted by molar-refractivity contribution is 8.00. The number of benzene rings is 1. The minimum Gasteiger partial charge on any atom is -0.325 e. The normalized spacial score (nSPS) is 13.6. The van der Waals surface area contributed by atoms with Crippen molar-refractivity contribution in [1.29, 1.82) is 0 Å². The van der Waals surface area contributed by atoms with Gasteiger partial charge in [-0.15, -0.1) is 11.3 Å². The molecule has 1 aliphatic carbocycles. The second-order valence-electron chi connectivity index (χ2n) is 6.04. The molecule has 1 aliphatic rings. The summed E-state index contributed by atoms with van der Waals surface area (Å²) in [5.74, 6) is -2.09. The third-order valence-corrected chi connectivity index (χ3v) is 6.45. The first kappa shape index (κ1) is 17.4. The first-order valence-corrected chi connectivity index (χ1v) is 10.0. The van der Waals surface area contributed by atoms with Crippen LogP contribution in [0.15, 0.2) is 29.6 Å². The van der Waals surface area contributed by atoms with Gasteiger partial charge in [0.05, 0.1) is 5.75 Å². The Morgan fingerprint density at radius 3 is 2.88 bits per heavy atom. The Labute approximate surface area is 157 Å². The average Bonchev–Trinajstić information content (AvgIpc) is 3.02. The third kappa shape index (κ3) is 3.43. The van der Waals surface area contributed by atoms with E-state index >= 15 is 0 Å². The fourth-order valence-corrected chi connectivity index (χ4v) is 5.19. The van der Waals surface area contributed by atoms with Crippen LogP contribution in [-0.4, -0.2) is 21.6 Å². The lowest BCUT2D eigenvalue weighted by molar-refractivity contribution is -0.113. The highest BCUT2D eigenvalue weighted by Crippen LogP contribution is 2.39.